The van der Waals surface area contributed by atoms with E-state index in [1.165, 1.54) is 28.5 Å². The molecule has 1 aliphatic rings. The van der Waals surface area contributed by atoms with E-state index in [0.29, 0.717) is 36.6 Å². The summed E-state index contributed by atoms with van der Waals surface area (Å²) in [6.07, 6.45) is 2.46. The van der Waals surface area contributed by atoms with Crippen LogP contribution in [-0.4, -0.2) is 45.1 Å². The Morgan fingerprint density at radius 1 is 1.43 bits per heavy atom. The zero-order valence-corrected chi connectivity index (χ0v) is 14.3. The van der Waals surface area contributed by atoms with E-state index in [1.54, 1.807) is 6.07 Å². The number of ether oxygens (including phenoxy) is 1. The number of likely N-dealkylation sites (N-methyl/N-ethyl adjacent to an activating group) is 1. The van der Waals surface area contributed by atoms with Crippen LogP contribution in [-0.2, 0) is 21.3 Å². The number of hydrogen-bond donors (Lipinski definition) is 1. The molecule has 0 amide bonds. The van der Waals surface area contributed by atoms with Gasteiger partial charge in [-0.1, -0.05) is 6.92 Å². The summed E-state index contributed by atoms with van der Waals surface area (Å²) in [6.45, 7) is 6.42. The first kappa shape index (κ1) is 16.9. The Hall–Kier alpha value is -0.470. The van der Waals surface area contributed by atoms with Gasteiger partial charge in [-0.25, -0.2) is 8.42 Å². The van der Waals surface area contributed by atoms with E-state index in [1.807, 2.05) is 19.2 Å². The van der Waals surface area contributed by atoms with Crippen molar-refractivity contribution in [2.45, 2.75) is 43.5 Å². The minimum absolute atomic E-state index is 0.403. The van der Waals surface area contributed by atoms with Gasteiger partial charge in [0.05, 0.1) is 6.61 Å². The molecule has 7 heteroatoms. The molecule has 0 saturated heterocycles. The number of thiophene rings is 1. The van der Waals surface area contributed by atoms with Gasteiger partial charge in [0.15, 0.2) is 0 Å². The molecule has 1 aromatic rings. The Kier molecular flexibility index (Phi) is 6.19. The molecule has 0 bridgehead atoms. The van der Waals surface area contributed by atoms with Crippen molar-refractivity contribution in [3.05, 3.63) is 17.0 Å². The third-order valence-corrected chi connectivity index (χ3v) is 6.88. The third-order valence-electron chi connectivity index (χ3n) is 3.44. The van der Waals surface area contributed by atoms with E-state index < -0.39 is 10.0 Å². The number of rotatable bonds is 10. The van der Waals surface area contributed by atoms with Crippen LogP contribution in [0.1, 0.15) is 32.3 Å². The van der Waals surface area contributed by atoms with E-state index in [-0.39, 0.29) is 0 Å². The molecule has 0 radical (unpaired) electrons. The summed E-state index contributed by atoms with van der Waals surface area (Å²) in [5.74, 6) is 0. The average Bonchev–Trinajstić information content (AvgIpc) is 3.17. The second kappa shape index (κ2) is 7.69. The van der Waals surface area contributed by atoms with Gasteiger partial charge in [-0.05, 0) is 36.8 Å². The van der Waals surface area contributed by atoms with Gasteiger partial charge in [0.2, 0.25) is 0 Å². The molecule has 0 unspecified atom stereocenters. The van der Waals surface area contributed by atoms with Crippen molar-refractivity contribution in [1.29, 1.82) is 0 Å². The first-order valence-corrected chi connectivity index (χ1v) is 9.78. The summed E-state index contributed by atoms with van der Waals surface area (Å²) < 4.78 is 32.3. The molecule has 0 spiro atoms. The molecule has 5 nitrogen and oxygen atoms in total. The van der Waals surface area contributed by atoms with Crippen molar-refractivity contribution < 1.29 is 13.2 Å². The van der Waals surface area contributed by atoms with Crippen molar-refractivity contribution in [3.63, 3.8) is 0 Å². The van der Waals surface area contributed by atoms with Gasteiger partial charge in [-0.15, -0.1) is 11.3 Å². The van der Waals surface area contributed by atoms with Crippen molar-refractivity contribution in [1.82, 2.24) is 9.62 Å². The Bertz CT molecular complexity index is 538. The highest BCUT2D eigenvalue weighted by Gasteiger charge is 2.25. The van der Waals surface area contributed by atoms with Gasteiger partial charge < -0.3 is 10.1 Å². The average molecular weight is 332 g/mol. The molecular weight excluding hydrogens is 308 g/mol. The molecule has 120 valence electrons. The normalized spacial score (nSPS) is 15.8. The molecule has 0 aromatic carbocycles. The van der Waals surface area contributed by atoms with Gasteiger partial charge in [-0.3, -0.25) is 0 Å². The molecule has 1 N–H and O–H groups in total. The highest BCUT2D eigenvalue weighted by molar-refractivity contribution is 7.91. The van der Waals surface area contributed by atoms with E-state index >= 15 is 0 Å². The second-order valence-corrected chi connectivity index (χ2v) is 8.20. The molecular formula is C14H24N2O3S2. The fourth-order valence-corrected chi connectivity index (χ4v) is 4.81. The maximum atomic E-state index is 12.6. The zero-order chi connectivity index (χ0) is 15.3. The molecule has 1 saturated carbocycles. The number of nitrogens with one attached hydrogen (secondary N) is 1. The van der Waals surface area contributed by atoms with Gasteiger partial charge in [0, 0.05) is 32.3 Å². The molecule has 2 rings (SSSR count). The molecule has 1 heterocycles. The smallest absolute Gasteiger partial charge is 0.252 e. The fraction of sp³-hybridized carbons (Fsp3) is 0.714. The van der Waals surface area contributed by atoms with Gasteiger partial charge in [0.1, 0.15) is 4.21 Å². The lowest BCUT2D eigenvalue weighted by Gasteiger charge is -2.19. The first-order valence-electron chi connectivity index (χ1n) is 7.46. The lowest BCUT2D eigenvalue weighted by Crippen LogP contribution is -2.33. The summed E-state index contributed by atoms with van der Waals surface area (Å²) in [5, 5.41) is 5.33. The van der Waals surface area contributed by atoms with Crippen LogP contribution in [0, 0.1) is 0 Å². The predicted molar refractivity (Wildman–Crippen MR) is 85.1 cm³/mol. The third kappa shape index (κ3) is 4.75. The zero-order valence-electron chi connectivity index (χ0n) is 12.7. The molecule has 1 aromatic heterocycles. The number of sulfonamides is 1. The first-order chi connectivity index (χ1) is 10.1. The monoisotopic (exact) mass is 332 g/mol. The van der Waals surface area contributed by atoms with Crippen molar-refractivity contribution in [3.8, 4) is 0 Å². The van der Waals surface area contributed by atoms with Gasteiger partial charge in [0.25, 0.3) is 10.0 Å². The van der Waals surface area contributed by atoms with Crippen molar-refractivity contribution in [2.75, 3.05) is 26.3 Å². The summed E-state index contributed by atoms with van der Waals surface area (Å²) in [6, 6.07) is 2.42. The summed E-state index contributed by atoms with van der Waals surface area (Å²) >= 11 is 1.30. The molecule has 0 atom stereocenters. The van der Waals surface area contributed by atoms with Crippen LogP contribution >= 0.6 is 11.3 Å². The van der Waals surface area contributed by atoms with E-state index in [9.17, 15) is 8.42 Å². The highest BCUT2D eigenvalue weighted by atomic mass is 32.2. The van der Waals surface area contributed by atoms with Gasteiger partial charge >= 0.3 is 0 Å². The molecule has 21 heavy (non-hydrogen) atoms. The Morgan fingerprint density at radius 2 is 2.19 bits per heavy atom. The lowest BCUT2D eigenvalue weighted by molar-refractivity contribution is 0.135. The maximum absolute atomic E-state index is 12.6. The number of hydrogen-bond acceptors (Lipinski definition) is 5. The van der Waals surface area contributed by atoms with E-state index in [2.05, 4.69) is 5.32 Å². The van der Waals surface area contributed by atoms with E-state index in [0.717, 1.165) is 12.1 Å². The minimum atomic E-state index is -3.39. The van der Waals surface area contributed by atoms with Crippen molar-refractivity contribution in [2.24, 2.45) is 0 Å². The van der Waals surface area contributed by atoms with Crippen LogP contribution in [0.15, 0.2) is 15.7 Å². The Balaban J connectivity index is 1.98. The summed E-state index contributed by atoms with van der Waals surface area (Å²) in [7, 11) is -3.39. The second-order valence-electron chi connectivity index (χ2n) is 5.12. The van der Waals surface area contributed by atoms with Crippen LogP contribution in [0.4, 0.5) is 0 Å². The quantitative estimate of drug-likeness (QED) is 0.666. The van der Waals surface area contributed by atoms with Crippen LogP contribution in [0.2, 0.25) is 0 Å². The van der Waals surface area contributed by atoms with Crippen molar-refractivity contribution >= 4 is 21.4 Å². The molecule has 0 aliphatic heterocycles. The largest absolute Gasteiger partial charge is 0.380 e. The minimum Gasteiger partial charge on any atom is -0.380 e. The fourth-order valence-electron chi connectivity index (χ4n) is 2.02. The topological polar surface area (TPSA) is 58.6 Å². The molecule has 1 fully saturated rings. The van der Waals surface area contributed by atoms with Crippen LogP contribution < -0.4 is 5.32 Å². The van der Waals surface area contributed by atoms with Crippen LogP contribution in [0.3, 0.4) is 0 Å². The van der Waals surface area contributed by atoms with Gasteiger partial charge in [-0.2, -0.15) is 4.31 Å². The van der Waals surface area contributed by atoms with Crippen LogP contribution in [0.25, 0.3) is 0 Å². The SMILES string of the molecule is CCOCCN(CC)S(=O)(=O)c1cc(CNC2CC2)cs1. The Morgan fingerprint density at radius 3 is 2.81 bits per heavy atom. The number of nitrogens with zero attached hydrogens (tertiary/aromatic N) is 1. The Labute approximate surface area is 131 Å². The van der Waals surface area contributed by atoms with E-state index in [4.69, 9.17) is 4.74 Å². The summed E-state index contributed by atoms with van der Waals surface area (Å²) in [4.78, 5) is 0. The highest BCUT2D eigenvalue weighted by Crippen LogP contribution is 2.25. The molecule has 1 aliphatic carbocycles. The lowest BCUT2D eigenvalue weighted by atomic mass is 10.3. The van der Waals surface area contributed by atoms with Crippen LogP contribution in [0.5, 0.6) is 0 Å². The maximum Gasteiger partial charge on any atom is 0.252 e. The summed E-state index contributed by atoms with van der Waals surface area (Å²) in [5.41, 5.74) is 1.05. The predicted octanol–water partition coefficient (Wildman–Crippen LogP) is 2.05. The standard InChI is InChI=1S/C14H24N2O3S2/c1-3-16(7-8-19-4-2)21(17,18)14-9-12(11-20-14)10-15-13-5-6-13/h9,11,13,15H,3-8,10H2,1-2H3.